The van der Waals surface area contributed by atoms with Crippen LogP contribution in [0.4, 0.5) is 0 Å². The van der Waals surface area contributed by atoms with Crippen LogP contribution in [-0.4, -0.2) is 0 Å². The van der Waals surface area contributed by atoms with Crippen molar-refractivity contribution >= 4 is 21.7 Å². The van der Waals surface area contributed by atoms with E-state index in [2.05, 4.69) is 83.1 Å². The molecule has 1 heterocycles. The number of hydrogen-bond acceptors (Lipinski definition) is 1. The summed E-state index contributed by atoms with van der Waals surface area (Å²) in [5, 5.41) is 3.96. The van der Waals surface area contributed by atoms with Crippen LogP contribution in [0.3, 0.4) is 0 Å². The average Bonchev–Trinajstić information content (AvgIpc) is 3.05. The molecule has 4 aromatic rings. The minimum atomic E-state index is -0.0153. The normalized spacial score (nSPS) is 12.8. The Kier molecular flexibility index (Phi) is 4.14. The molecule has 4 rings (SSSR count). The van der Waals surface area contributed by atoms with E-state index >= 15 is 0 Å². The van der Waals surface area contributed by atoms with Crippen LogP contribution >= 0.6 is 0 Å². The smallest absolute Gasteiger partial charge is 0.134 e. The molecular formula is C26H28O. The van der Waals surface area contributed by atoms with Crippen LogP contribution < -0.4 is 0 Å². The molecule has 27 heavy (non-hydrogen) atoms. The molecule has 3 aromatic carbocycles. The quantitative estimate of drug-likeness (QED) is 0.372. The summed E-state index contributed by atoms with van der Waals surface area (Å²) in [5.74, 6) is 0. The van der Waals surface area contributed by atoms with E-state index in [4.69, 9.17) is 4.42 Å². The van der Waals surface area contributed by atoms with Crippen molar-refractivity contribution in [3.63, 3.8) is 0 Å². The summed E-state index contributed by atoms with van der Waals surface area (Å²) in [6.07, 6.45) is 2.91. The minimum Gasteiger partial charge on any atom is -0.464 e. The highest BCUT2D eigenvalue weighted by atomic mass is 16.3. The van der Waals surface area contributed by atoms with E-state index in [0.717, 1.165) is 12.0 Å². The second kappa shape index (κ2) is 6.27. The van der Waals surface area contributed by atoms with Crippen molar-refractivity contribution in [2.45, 2.75) is 51.9 Å². The van der Waals surface area contributed by atoms with Crippen LogP contribution in [0.15, 0.2) is 71.3 Å². The van der Waals surface area contributed by atoms with Crippen LogP contribution in [0, 0.1) is 0 Å². The third-order valence-electron chi connectivity index (χ3n) is 5.66. The summed E-state index contributed by atoms with van der Waals surface area (Å²) < 4.78 is 5.82. The fraction of sp³-hybridized carbons (Fsp3) is 0.308. The third kappa shape index (κ3) is 3.16. The van der Waals surface area contributed by atoms with Gasteiger partial charge in [0.25, 0.3) is 0 Å². The lowest BCUT2D eigenvalue weighted by atomic mass is 9.77. The Bertz CT molecular complexity index is 1110. The van der Waals surface area contributed by atoms with E-state index in [9.17, 15) is 0 Å². The summed E-state index contributed by atoms with van der Waals surface area (Å²) in [7, 11) is 0. The standard InChI is InChI=1S/C26H28O/c1-25(2,3)22-14-9-12-19-18(10-8-13-20(19)22)16-26(4,5)23-17-27-24-15-7-6-11-21(23)24/h6-15,17H,16H2,1-5H3. The largest absolute Gasteiger partial charge is 0.464 e. The van der Waals surface area contributed by atoms with E-state index in [0.29, 0.717) is 0 Å². The van der Waals surface area contributed by atoms with E-state index in [-0.39, 0.29) is 10.8 Å². The molecule has 0 saturated heterocycles. The molecule has 0 fully saturated rings. The Hall–Kier alpha value is -2.54. The lowest BCUT2D eigenvalue weighted by molar-refractivity contribution is 0.511. The molecule has 0 N–H and O–H groups in total. The predicted molar refractivity (Wildman–Crippen MR) is 116 cm³/mol. The molecule has 0 unspecified atom stereocenters. The molecule has 1 aromatic heterocycles. The first-order valence-electron chi connectivity index (χ1n) is 9.75. The van der Waals surface area contributed by atoms with Gasteiger partial charge in [0.1, 0.15) is 5.58 Å². The Morgan fingerprint density at radius 3 is 2.11 bits per heavy atom. The molecule has 0 atom stereocenters. The van der Waals surface area contributed by atoms with Crippen molar-refractivity contribution in [1.29, 1.82) is 0 Å². The molecule has 0 aliphatic rings. The Labute approximate surface area is 162 Å². The molecule has 1 heteroatoms. The van der Waals surface area contributed by atoms with Gasteiger partial charge in [-0.15, -0.1) is 0 Å². The molecule has 138 valence electrons. The van der Waals surface area contributed by atoms with Gasteiger partial charge < -0.3 is 4.42 Å². The number of fused-ring (bicyclic) bond motifs is 2. The molecule has 0 aliphatic carbocycles. The van der Waals surface area contributed by atoms with Crippen LogP contribution in [0.5, 0.6) is 0 Å². The maximum absolute atomic E-state index is 5.82. The molecule has 0 aliphatic heterocycles. The van der Waals surface area contributed by atoms with Crippen LogP contribution in [0.2, 0.25) is 0 Å². The molecule has 0 spiro atoms. The topological polar surface area (TPSA) is 13.1 Å². The van der Waals surface area contributed by atoms with E-state index in [1.807, 2.05) is 18.4 Å². The highest BCUT2D eigenvalue weighted by Crippen LogP contribution is 2.37. The van der Waals surface area contributed by atoms with E-state index in [1.54, 1.807) is 0 Å². The molecule has 0 amide bonds. The number of para-hydroxylation sites is 1. The van der Waals surface area contributed by atoms with Crippen molar-refractivity contribution in [3.05, 3.63) is 83.6 Å². The van der Waals surface area contributed by atoms with Crippen molar-refractivity contribution in [1.82, 2.24) is 0 Å². The first-order chi connectivity index (χ1) is 12.8. The second-order valence-corrected chi connectivity index (χ2v) is 9.27. The van der Waals surface area contributed by atoms with Gasteiger partial charge in [-0.25, -0.2) is 0 Å². The number of furan rings is 1. The zero-order valence-corrected chi connectivity index (χ0v) is 17.0. The van der Waals surface area contributed by atoms with Gasteiger partial charge in [0, 0.05) is 10.9 Å². The van der Waals surface area contributed by atoms with E-state index in [1.165, 1.54) is 32.8 Å². The lowest BCUT2D eigenvalue weighted by Gasteiger charge is -2.26. The summed E-state index contributed by atoms with van der Waals surface area (Å²) >= 11 is 0. The van der Waals surface area contributed by atoms with Crippen LogP contribution in [-0.2, 0) is 17.3 Å². The Morgan fingerprint density at radius 1 is 0.667 bits per heavy atom. The van der Waals surface area contributed by atoms with Crippen molar-refractivity contribution in [3.8, 4) is 0 Å². The van der Waals surface area contributed by atoms with Crippen molar-refractivity contribution in [2.24, 2.45) is 0 Å². The molecule has 0 bridgehead atoms. The van der Waals surface area contributed by atoms with Gasteiger partial charge in [0.05, 0.1) is 6.26 Å². The maximum Gasteiger partial charge on any atom is 0.134 e. The van der Waals surface area contributed by atoms with Gasteiger partial charge >= 0.3 is 0 Å². The molecule has 0 radical (unpaired) electrons. The molecule has 1 nitrogen and oxygen atoms in total. The fourth-order valence-electron chi connectivity index (χ4n) is 4.26. The number of benzene rings is 3. The van der Waals surface area contributed by atoms with Gasteiger partial charge in [0.2, 0.25) is 0 Å². The van der Waals surface area contributed by atoms with Crippen LogP contribution in [0.1, 0.15) is 51.3 Å². The van der Waals surface area contributed by atoms with Gasteiger partial charge in [-0.3, -0.25) is 0 Å². The van der Waals surface area contributed by atoms with E-state index < -0.39 is 0 Å². The summed E-state index contributed by atoms with van der Waals surface area (Å²) in [4.78, 5) is 0. The summed E-state index contributed by atoms with van der Waals surface area (Å²) in [6.45, 7) is 11.5. The zero-order valence-electron chi connectivity index (χ0n) is 17.0. The van der Waals surface area contributed by atoms with Gasteiger partial charge in [0.15, 0.2) is 0 Å². The zero-order chi connectivity index (χ0) is 19.2. The minimum absolute atomic E-state index is 0.0153. The van der Waals surface area contributed by atoms with Crippen LogP contribution in [0.25, 0.3) is 21.7 Å². The SMILES string of the molecule is CC(C)(C)c1cccc2c(CC(C)(C)c3coc4ccccc34)cccc12. The predicted octanol–water partition coefficient (Wildman–Crippen LogP) is 7.40. The van der Waals surface area contributed by atoms with Gasteiger partial charge in [-0.1, -0.05) is 89.2 Å². The van der Waals surface area contributed by atoms with Crippen molar-refractivity contribution in [2.75, 3.05) is 0 Å². The fourth-order valence-corrected chi connectivity index (χ4v) is 4.26. The summed E-state index contributed by atoms with van der Waals surface area (Å²) in [5.41, 5.74) is 5.17. The number of hydrogen-bond donors (Lipinski definition) is 0. The van der Waals surface area contributed by atoms with Gasteiger partial charge in [-0.05, 0) is 45.2 Å². The average molecular weight is 357 g/mol. The Balaban J connectivity index is 1.81. The summed E-state index contributed by atoms with van der Waals surface area (Å²) in [6, 6.07) is 21.8. The number of rotatable bonds is 3. The second-order valence-electron chi connectivity index (χ2n) is 9.27. The lowest BCUT2D eigenvalue weighted by Crippen LogP contribution is -2.20. The van der Waals surface area contributed by atoms with Gasteiger partial charge in [-0.2, -0.15) is 0 Å². The Morgan fingerprint density at radius 2 is 1.33 bits per heavy atom. The van der Waals surface area contributed by atoms with Crippen molar-refractivity contribution < 1.29 is 4.42 Å². The highest BCUT2D eigenvalue weighted by Gasteiger charge is 2.26. The first-order valence-corrected chi connectivity index (χ1v) is 9.75. The highest BCUT2D eigenvalue weighted by molar-refractivity contribution is 5.90. The molecule has 0 saturated carbocycles. The third-order valence-corrected chi connectivity index (χ3v) is 5.66. The molecular weight excluding hydrogens is 328 g/mol. The first kappa shape index (κ1) is 17.9. The monoisotopic (exact) mass is 356 g/mol. The maximum atomic E-state index is 5.82.